The first-order valence-corrected chi connectivity index (χ1v) is 3.64. The number of halogens is 1. The smallest absolute Gasteiger partial charge is 0.139 e. The van der Waals surface area contributed by atoms with Gasteiger partial charge in [-0.05, 0) is 18.2 Å². The van der Waals surface area contributed by atoms with Gasteiger partial charge >= 0.3 is 0 Å². The molecule has 0 atom stereocenters. The lowest BCUT2D eigenvalue weighted by Gasteiger charge is -2.00. The summed E-state index contributed by atoms with van der Waals surface area (Å²) in [7, 11) is 0. The number of aldehydes is 1. The first kappa shape index (κ1) is 8.08. The van der Waals surface area contributed by atoms with Gasteiger partial charge in [0.25, 0.3) is 0 Å². The second kappa shape index (κ2) is 3.98. The molecule has 0 radical (unpaired) electrons. The second-order valence-corrected chi connectivity index (χ2v) is 2.49. The summed E-state index contributed by atoms with van der Waals surface area (Å²) >= 11 is 5.70. The van der Waals surface area contributed by atoms with Gasteiger partial charge < -0.3 is 10.1 Å². The summed E-state index contributed by atoms with van der Waals surface area (Å²) in [6.07, 6.45) is 0.806. The quantitative estimate of drug-likeness (QED) is 0.701. The van der Waals surface area contributed by atoms with Crippen LogP contribution in [0.2, 0.25) is 5.02 Å². The Morgan fingerprint density at radius 1 is 1.55 bits per heavy atom. The van der Waals surface area contributed by atoms with Crippen molar-refractivity contribution in [1.82, 2.24) is 0 Å². The molecule has 0 unspecified atom stereocenters. The predicted octanol–water partition coefficient (Wildman–Crippen LogP) is 1.95. The second-order valence-electron chi connectivity index (χ2n) is 2.06. The number of anilines is 1. The van der Waals surface area contributed by atoms with Crippen LogP contribution < -0.4 is 5.32 Å². The minimum atomic E-state index is 0.320. The molecular weight excluding hydrogens is 162 g/mol. The van der Waals surface area contributed by atoms with E-state index in [0.29, 0.717) is 11.6 Å². The van der Waals surface area contributed by atoms with Crippen molar-refractivity contribution in [2.24, 2.45) is 0 Å². The molecule has 0 bridgehead atoms. The van der Waals surface area contributed by atoms with Gasteiger partial charge in [0.2, 0.25) is 0 Å². The lowest BCUT2D eigenvalue weighted by molar-refractivity contribution is -0.106. The zero-order chi connectivity index (χ0) is 8.10. The summed E-state index contributed by atoms with van der Waals surface area (Å²) in [6, 6.07) is 7.24. The molecule has 0 fully saturated rings. The summed E-state index contributed by atoms with van der Waals surface area (Å²) in [5, 5.41) is 3.55. The average molecular weight is 170 g/mol. The SMILES string of the molecule is O=CCNc1cccc(Cl)c1. The van der Waals surface area contributed by atoms with Crippen LogP contribution in [-0.4, -0.2) is 12.8 Å². The van der Waals surface area contributed by atoms with E-state index >= 15 is 0 Å². The number of carbonyl (C=O) groups excluding carboxylic acids is 1. The Hall–Kier alpha value is -1.02. The third kappa shape index (κ3) is 2.60. The highest BCUT2D eigenvalue weighted by Crippen LogP contribution is 2.13. The highest BCUT2D eigenvalue weighted by atomic mass is 35.5. The van der Waals surface area contributed by atoms with Gasteiger partial charge in [-0.1, -0.05) is 17.7 Å². The molecule has 0 aliphatic carbocycles. The van der Waals surface area contributed by atoms with Crippen LogP contribution in [0.15, 0.2) is 24.3 Å². The molecular formula is C8H8ClNO. The molecule has 0 heterocycles. The summed E-state index contributed by atoms with van der Waals surface area (Å²) < 4.78 is 0. The van der Waals surface area contributed by atoms with E-state index in [-0.39, 0.29) is 0 Å². The zero-order valence-corrected chi connectivity index (χ0v) is 6.64. The molecule has 1 aromatic rings. The molecule has 0 aliphatic heterocycles. The Morgan fingerprint density at radius 3 is 3.00 bits per heavy atom. The van der Waals surface area contributed by atoms with E-state index < -0.39 is 0 Å². The fourth-order valence-electron chi connectivity index (χ4n) is 0.758. The Balaban J connectivity index is 2.63. The average Bonchev–Trinajstić information content (AvgIpc) is 2.01. The van der Waals surface area contributed by atoms with Crippen molar-refractivity contribution in [1.29, 1.82) is 0 Å². The van der Waals surface area contributed by atoms with Crippen LogP contribution in [0.25, 0.3) is 0 Å². The molecule has 0 saturated carbocycles. The molecule has 58 valence electrons. The molecule has 1 N–H and O–H groups in total. The number of carbonyl (C=O) groups is 1. The normalized spacial score (nSPS) is 9.18. The third-order valence-corrected chi connectivity index (χ3v) is 1.45. The van der Waals surface area contributed by atoms with E-state index in [9.17, 15) is 4.79 Å². The lowest BCUT2D eigenvalue weighted by Crippen LogP contribution is -2.01. The lowest BCUT2D eigenvalue weighted by atomic mass is 10.3. The zero-order valence-electron chi connectivity index (χ0n) is 5.88. The Kier molecular flexibility index (Phi) is 2.93. The molecule has 1 rings (SSSR count). The fraction of sp³-hybridized carbons (Fsp3) is 0.125. The fourth-order valence-corrected chi connectivity index (χ4v) is 0.948. The van der Waals surface area contributed by atoms with Gasteiger partial charge in [-0.3, -0.25) is 0 Å². The van der Waals surface area contributed by atoms with E-state index in [0.717, 1.165) is 12.0 Å². The maximum absolute atomic E-state index is 9.97. The van der Waals surface area contributed by atoms with Crippen LogP contribution in [0.4, 0.5) is 5.69 Å². The van der Waals surface area contributed by atoms with E-state index in [1.807, 2.05) is 12.1 Å². The van der Waals surface area contributed by atoms with Gasteiger partial charge in [-0.15, -0.1) is 0 Å². The van der Waals surface area contributed by atoms with Crippen LogP contribution in [-0.2, 0) is 4.79 Å². The summed E-state index contributed by atoms with van der Waals surface area (Å²) in [6.45, 7) is 0.320. The molecule has 0 aliphatic rings. The molecule has 0 saturated heterocycles. The van der Waals surface area contributed by atoms with Crippen LogP contribution in [0.3, 0.4) is 0 Å². The van der Waals surface area contributed by atoms with Crippen LogP contribution in [0.5, 0.6) is 0 Å². The number of rotatable bonds is 3. The van der Waals surface area contributed by atoms with Crippen molar-refractivity contribution in [3.63, 3.8) is 0 Å². The predicted molar refractivity (Wildman–Crippen MR) is 46.0 cm³/mol. The summed E-state index contributed by atoms with van der Waals surface area (Å²) in [5.74, 6) is 0. The molecule has 0 amide bonds. The van der Waals surface area contributed by atoms with E-state index in [2.05, 4.69) is 5.32 Å². The van der Waals surface area contributed by atoms with Gasteiger partial charge in [-0.2, -0.15) is 0 Å². The van der Waals surface area contributed by atoms with Gasteiger partial charge in [0.15, 0.2) is 0 Å². The van der Waals surface area contributed by atoms with Gasteiger partial charge in [0, 0.05) is 10.7 Å². The number of hydrogen-bond acceptors (Lipinski definition) is 2. The summed E-state index contributed by atoms with van der Waals surface area (Å²) in [5.41, 5.74) is 0.865. The van der Waals surface area contributed by atoms with Crippen LogP contribution >= 0.6 is 11.6 Å². The van der Waals surface area contributed by atoms with E-state index in [1.165, 1.54) is 0 Å². The third-order valence-electron chi connectivity index (χ3n) is 1.21. The maximum atomic E-state index is 9.97. The maximum Gasteiger partial charge on any atom is 0.139 e. The minimum absolute atomic E-state index is 0.320. The topological polar surface area (TPSA) is 29.1 Å². The van der Waals surface area contributed by atoms with Crippen molar-refractivity contribution >= 4 is 23.6 Å². The van der Waals surface area contributed by atoms with Crippen molar-refractivity contribution in [3.05, 3.63) is 29.3 Å². The molecule has 11 heavy (non-hydrogen) atoms. The summed E-state index contributed by atoms with van der Waals surface area (Å²) in [4.78, 5) is 9.97. The molecule has 2 nitrogen and oxygen atoms in total. The van der Waals surface area contributed by atoms with Crippen molar-refractivity contribution in [2.75, 3.05) is 11.9 Å². The Labute approximate surface area is 70.2 Å². The van der Waals surface area contributed by atoms with Crippen LogP contribution in [0, 0.1) is 0 Å². The van der Waals surface area contributed by atoms with E-state index in [4.69, 9.17) is 11.6 Å². The first-order valence-electron chi connectivity index (χ1n) is 3.26. The van der Waals surface area contributed by atoms with E-state index in [1.54, 1.807) is 12.1 Å². The minimum Gasteiger partial charge on any atom is -0.378 e. The number of nitrogens with one attached hydrogen (secondary N) is 1. The van der Waals surface area contributed by atoms with Crippen molar-refractivity contribution in [2.45, 2.75) is 0 Å². The molecule has 3 heteroatoms. The number of hydrogen-bond donors (Lipinski definition) is 1. The van der Waals surface area contributed by atoms with Gasteiger partial charge in [0.1, 0.15) is 6.29 Å². The monoisotopic (exact) mass is 169 g/mol. The number of benzene rings is 1. The van der Waals surface area contributed by atoms with Gasteiger partial charge in [-0.25, -0.2) is 0 Å². The van der Waals surface area contributed by atoms with Gasteiger partial charge in [0.05, 0.1) is 6.54 Å². The first-order chi connectivity index (χ1) is 5.33. The largest absolute Gasteiger partial charge is 0.378 e. The highest BCUT2D eigenvalue weighted by molar-refractivity contribution is 6.30. The molecule has 1 aromatic carbocycles. The Morgan fingerprint density at radius 2 is 2.36 bits per heavy atom. The molecule has 0 aromatic heterocycles. The molecule has 0 spiro atoms. The van der Waals surface area contributed by atoms with Crippen molar-refractivity contribution < 1.29 is 4.79 Å². The van der Waals surface area contributed by atoms with Crippen LogP contribution in [0.1, 0.15) is 0 Å². The standard InChI is InChI=1S/C8H8ClNO/c9-7-2-1-3-8(6-7)10-4-5-11/h1-3,5-6,10H,4H2. The Bertz CT molecular complexity index is 250. The van der Waals surface area contributed by atoms with Crippen molar-refractivity contribution in [3.8, 4) is 0 Å². The highest BCUT2D eigenvalue weighted by Gasteiger charge is 1.90.